The van der Waals surface area contributed by atoms with Gasteiger partial charge in [0.05, 0.1) is 5.02 Å². The zero-order chi connectivity index (χ0) is 20.8. The van der Waals surface area contributed by atoms with Crippen molar-refractivity contribution in [2.24, 2.45) is 10.5 Å². The number of halogens is 5. The molecule has 1 aromatic carbocycles. The van der Waals surface area contributed by atoms with Crippen molar-refractivity contribution in [3.8, 4) is 5.75 Å². The van der Waals surface area contributed by atoms with Crippen LogP contribution in [0.1, 0.15) is 34.1 Å². The molecule has 1 heterocycles. The molecule has 1 amide bonds. The Hall–Kier alpha value is -1.51. The number of ether oxygens (including phenoxy) is 1. The van der Waals surface area contributed by atoms with Gasteiger partial charge in [-0.1, -0.05) is 44.0 Å². The molecule has 0 saturated carbocycles. The number of hydrogen-bond acceptors (Lipinski definition) is 4. The smallest absolute Gasteiger partial charge is 0.431 e. The van der Waals surface area contributed by atoms with E-state index in [1.807, 2.05) is 0 Å². The number of hydrazone groups is 1. The third-order valence-electron chi connectivity index (χ3n) is 4.27. The Bertz CT molecular complexity index is 778. The van der Waals surface area contributed by atoms with Gasteiger partial charge in [0, 0.05) is 16.9 Å². The van der Waals surface area contributed by atoms with E-state index in [0.29, 0.717) is 10.0 Å². The van der Waals surface area contributed by atoms with Gasteiger partial charge in [-0.05, 0) is 25.1 Å². The Morgan fingerprint density at radius 3 is 2.41 bits per heavy atom. The minimum absolute atomic E-state index is 0.125. The Kier molecular flexibility index (Phi) is 5.76. The number of alkyl halides is 3. The maximum Gasteiger partial charge on any atom is 0.431 e. The van der Waals surface area contributed by atoms with Crippen molar-refractivity contribution in [3.63, 3.8) is 0 Å². The van der Waals surface area contributed by atoms with Crippen molar-refractivity contribution in [1.29, 1.82) is 0 Å². The lowest BCUT2D eigenvalue weighted by molar-refractivity contribution is -0.187. The van der Waals surface area contributed by atoms with Gasteiger partial charge in [0.1, 0.15) is 11.5 Å². The predicted octanol–water partition coefficient (Wildman–Crippen LogP) is 4.65. The number of amides is 1. The van der Waals surface area contributed by atoms with E-state index in [1.165, 1.54) is 45.9 Å². The minimum Gasteiger partial charge on any atom is -0.479 e. The zero-order valence-electron chi connectivity index (χ0n) is 15.1. The van der Waals surface area contributed by atoms with E-state index >= 15 is 0 Å². The lowest BCUT2D eigenvalue weighted by Crippen LogP contribution is -2.57. The average Bonchev–Trinajstić information content (AvgIpc) is 2.88. The number of hydrogen-bond donors (Lipinski definition) is 1. The summed E-state index contributed by atoms with van der Waals surface area (Å²) < 4.78 is 44.8. The Balaban J connectivity index is 2.33. The number of rotatable bonds is 3. The van der Waals surface area contributed by atoms with Crippen molar-refractivity contribution in [2.75, 3.05) is 0 Å². The van der Waals surface area contributed by atoms with Gasteiger partial charge in [-0.25, -0.2) is 0 Å². The summed E-state index contributed by atoms with van der Waals surface area (Å²) in [5.74, 6) is -0.807. The van der Waals surface area contributed by atoms with Crippen LogP contribution in [0.2, 0.25) is 10.0 Å². The number of benzene rings is 1. The maximum atomic E-state index is 13.1. The third-order valence-corrected chi connectivity index (χ3v) is 4.80. The number of carbonyl (C=O) groups is 1. The summed E-state index contributed by atoms with van der Waals surface area (Å²) in [7, 11) is 0. The average molecular weight is 427 g/mol. The first-order valence-corrected chi connectivity index (χ1v) is 8.75. The highest BCUT2D eigenvalue weighted by Crippen LogP contribution is 2.44. The van der Waals surface area contributed by atoms with Crippen LogP contribution in [0.25, 0.3) is 0 Å². The second-order valence-electron chi connectivity index (χ2n) is 7.27. The first-order chi connectivity index (χ1) is 12.2. The van der Waals surface area contributed by atoms with Crippen LogP contribution < -0.4 is 4.74 Å². The fraction of sp³-hybridized carbons (Fsp3) is 0.529. The normalized spacial score (nSPS) is 21.9. The number of carbonyl (C=O) groups excluding carboxylic acids is 1. The summed E-state index contributed by atoms with van der Waals surface area (Å²) in [4.78, 5) is 12.8. The van der Waals surface area contributed by atoms with Crippen LogP contribution >= 0.6 is 23.2 Å². The fourth-order valence-electron chi connectivity index (χ4n) is 2.50. The first kappa shape index (κ1) is 21.8. The SMILES string of the molecule is C[C@H](Oc1ccc(Cl)cc1Cl)C(=O)N1N=C(C(F)(F)F)C[C@@]1(O)C(C)(C)C. The molecule has 2 atom stereocenters. The molecule has 0 bridgehead atoms. The number of aliphatic hydroxyl groups is 1. The number of nitrogens with zero attached hydrogens (tertiary/aromatic N) is 2. The van der Waals surface area contributed by atoms with Crippen molar-refractivity contribution in [1.82, 2.24) is 5.01 Å². The van der Waals surface area contributed by atoms with Crippen molar-refractivity contribution >= 4 is 34.8 Å². The van der Waals surface area contributed by atoms with E-state index in [4.69, 9.17) is 27.9 Å². The van der Waals surface area contributed by atoms with E-state index in [9.17, 15) is 23.1 Å². The molecule has 0 fully saturated rings. The highest BCUT2D eigenvalue weighted by molar-refractivity contribution is 6.35. The highest BCUT2D eigenvalue weighted by atomic mass is 35.5. The molecule has 1 aromatic rings. The predicted molar refractivity (Wildman–Crippen MR) is 95.9 cm³/mol. The topological polar surface area (TPSA) is 62.1 Å². The Morgan fingerprint density at radius 2 is 1.93 bits per heavy atom. The molecule has 1 aliphatic heterocycles. The quantitative estimate of drug-likeness (QED) is 0.764. The van der Waals surface area contributed by atoms with Gasteiger partial charge in [0.25, 0.3) is 5.91 Å². The van der Waals surface area contributed by atoms with E-state index in [-0.39, 0.29) is 10.8 Å². The van der Waals surface area contributed by atoms with E-state index < -0.39 is 41.5 Å². The Morgan fingerprint density at radius 1 is 1.33 bits per heavy atom. The molecule has 0 unspecified atom stereocenters. The molecule has 150 valence electrons. The zero-order valence-corrected chi connectivity index (χ0v) is 16.6. The van der Waals surface area contributed by atoms with Gasteiger partial charge in [-0.3, -0.25) is 4.79 Å². The van der Waals surface area contributed by atoms with Gasteiger partial charge < -0.3 is 9.84 Å². The third kappa shape index (κ3) is 4.33. The first-order valence-electron chi connectivity index (χ1n) is 7.99. The van der Waals surface area contributed by atoms with E-state index in [1.54, 1.807) is 0 Å². The molecular formula is C17H19Cl2F3N2O3. The van der Waals surface area contributed by atoms with Crippen LogP contribution in [0, 0.1) is 5.41 Å². The van der Waals surface area contributed by atoms with Crippen molar-refractivity contribution in [2.45, 2.75) is 52.1 Å². The van der Waals surface area contributed by atoms with Gasteiger partial charge in [-0.2, -0.15) is 23.3 Å². The molecule has 0 radical (unpaired) electrons. The highest BCUT2D eigenvalue weighted by Gasteiger charge is 2.58. The summed E-state index contributed by atoms with van der Waals surface area (Å²) in [6.45, 7) is 5.88. The van der Waals surface area contributed by atoms with Gasteiger partial charge in [0.2, 0.25) is 0 Å². The molecule has 0 aliphatic carbocycles. The van der Waals surface area contributed by atoms with E-state index in [2.05, 4.69) is 5.10 Å². The molecule has 1 aliphatic rings. The molecule has 5 nitrogen and oxygen atoms in total. The summed E-state index contributed by atoms with van der Waals surface area (Å²) >= 11 is 11.8. The van der Waals surface area contributed by atoms with Crippen molar-refractivity contribution in [3.05, 3.63) is 28.2 Å². The largest absolute Gasteiger partial charge is 0.479 e. The van der Waals surface area contributed by atoms with Gasteiger partial charge in [0.15, 0.2) is 11.8 Å². The van der Waals surface area contributed by atoms with Gasteiger partial charge in [-0.15, -0.1) is 0 Å². The standard InChI is InChI=1S/C17H19Cl2F3N2O3/c1-9(27-12-6-5-10(18)7-11(12)19)14(25)24-16(26,15(2,3)4)8-13(23-24)17(20,21)22/h5-7,9,26H,8H2,1-4H3/t9-,16+/m0/s1. The van der Waals surface area contributed by atoms with Crippen LogP contribution in [-0.4, -0.2) is 39.7 Å². The minimum atomic E-state index is -4.77. The molecule has 0 spiro atoms. The molecule has 1 N–H and O–H groups in total. The molecule has 2 rings (SSSR count). The molecule has 10 heteroatoms. The van der Waals surface area contributed by atoms with Crippen LogP contribution in [0.4, 0.5) is 13.2 Å². The molecule has 0 saturated heterocycles. The maximum absolute atomic E-state index is 13.1. The summed E-state index contributed by atoms with van der Waals surface area (Å²) in [6.07, 6.45) is -6.85. The molecule has 0 aromatic heterocycles. The summed E-state index contributed by atoms with van der Waals surface area (Å²) in [5, 5.41) is 15.2. The lowest BCUT2D eigenvalue weighted by atomic mass is 9.80. The lowest BCUT2D eigenvalue weighted by Gasteiger charge is -2.42. The molecule has 27 heavy (non-hydrogen) atoms. The Labute approximate surface area is 164 Å². The van der Waals surface area contributed by atoms with Crippen LogP contribution in [0.3, 0.4) is 0 Å². The second kappa shape index (κ2) is 7.14. The van der Waals surface area contributed by atoms with Crippen LogP contribution in [0.5, 0.6) is 5.75 Å². The van der Waals surface area contributed by atoms with Gasteiger partial charge >= 0.3 is 6.18 Å². The summed E-state index contributed by atoms with van der Waals surface area (Å²) in [5.41, 5.74) is -4.49. The van der Waals surface area contributed by atoms with Crippen LogP contribution in [-0.2, 0) is 4.79 Å². The van der Waals surface area contributed by atoms with Crippen molar-refractivity contribution < 1.29 is 27.8 Å². The molecular weight excluding hydrogens is 408 g/mol. The second-order valence-corrected chi connectivity index (χ2v) is 8.12. The van der Waals surface area contributed by atoms with Crippen LogP contribution in [0.15, 0.2) is 23.3 Å². The monoisotopic (exact) mass is 426 g/mol. The van der Waals surface area contributed by atoms with E-state index in [0.717, 1.165) is 0 Å². The fourth-order valence-corrected chi connectivity index (χ4v) is 2.96. The summed E-state index contributed by atoms with van der Waals surface area (Å²) in [6, 6.07) is 4.32.